The van der Waals surface area contributed by atoms with Crippen molar-refractivity contribution < 1.29 is 19.1 Å². The van der Waals surface area contributed by atoms with E-state index in [0.717, 1.165) is 6.42 Å². The first-order valence-corrected chi connectivity index (χ1v) is 9.59. The van der Waals surface area contributed by atoms with Crippen LogP contribution in [0.4, 0.5) is 5.69 Å². The summed E-state index contributed by atoms with van der Waals surface area (Å²) in [5.41, 5.74) is 1.29. The number of halogens is 2. The summed E-state index contributed by atoms with van der Waals surface area (Å²) in [7, 11) is 0. The molecule has 0 aliphatic carbocycles. The van der Waals surface area contributed by atoms with Gasteiger partial charge in [0.2, 0.25) is 0 Å². The van der Waals surface area contributed by atoms with E-state index in [1.54, 1.807) is 36.4 Å². The van der Waals surface area contributed by atoms with Crippen LogP contribution in [0.25, 0.3) is 0 Å². The molecule has 0 bridgehead atoms. The van der Waals surface area contributed by atoms with E-state index in [9.17, 15) is 4.79 Å². The SMILES string of the molecule is CCCOc1c(Cl)cc(C=NOCC(=O)Nc2ccc(Cl)cc2)cc1OCC. The molecule has 0 aliphatic rings. The van der Waals surface area contributed by atoms with E-state index in [-0.39, 0.29) is 12.5 Å². The van der Waals surface area contributed by atoms with Gasteiger partial charge in [-0.1, -0.05) is 35.3 Å². The fourth-order valence-corrected chi connectivity index (χ4v) is 2.59. The summed E-state index contributed by atoms with van der Waals surface area (Å²) in [4.78, 5) is 16.9. The van der Waals surface area contributed by atoms with Crippen LogP contribution < -0.4 is 14.8 Å². The second kappa shape index (κ2) is 11.4. The molecule has 0 heterocycles. The summed E-state index contributed by atoms with van der Waals surface area (Å²) in [6, 6.07) is 10.2. The number of nitrogens with zero attached hydrogens (tertiary/aromatic N) is 1. The van der Waals surface area contributed by atoms with Gasteiger partial charge in [-0.2, -0.15) is 0 Å². The Labute approximate surface area is 174 Å². The minimum absolute atomic E-state index is 0.233. The van der Waals surface area contributed by atoms with Crippen LogP contribution in [0.15, 0.2) is 41.6 Å². The van der Waals surface area contributed by atoms with Crippen molar-refractivity contribution in [1.29, 1.82) is 0 Å². The van der Waals surface area contributed by atoms with Crippen molar-refractivity contribution in [3.05, 3.63) is 52.0 Å². The quantitative estimate of drug-likeness (QED) is 0.421. The predicted octanol–water partition coefficient (Wildman–Crippen LogP) is 5.17. The first-order valence-electron chi connectivity index (χ1n) is 8.83. The molecule has 0 saturated carbocycles. The summed E-state index contributed by atoms with van der Waals surface area (Å²) in [6.07, 6.45) is 2.31. The predicted molar refractivity (Wildman–Crippen MR) is 112 cm³/mol. The van der Waals surface area contributed by atoms with E-state index in [1.165, 1.54) is 6.21 Å². The van der Waals surface area contributed by atoms with Crippen LogP contribution in [-0.2, 0) is 9.63 Å². The third-order valence-electron chi connectivity index (χ3n) is 3.38. The highest BCUT2D eigenvalue weighted by Crippen LogP contribution is 2.36. The third kappa shape index (κ3) is 6.94. The molecule has 2 aromatic carbocycles. The van der Waals surface area contributed by atoms with Crippen molar-refractivity contribution in [2.24, 2.45) is 5.16 Å². The molecule has 150 valence electrons. The van der Waals surface area contributed by atoms with Gasteiger partial charge < -0.3 is 19.6 Å². The lowest BCUT2D eigenvalue weighted by Gasteiger charge is -2.13. The summed E-state index contributed by atoms with van der Waals surface area (Å²) in [6.45, 7) is 4.67. The fourth-order valence-electron chi connectivity index (χ4n) is 2.19. The Morgan fingerprint density at radius 3 is 2.57 bits per heavy atom. The topological polar surface area (TPSA) is 69.2 Å². The Balaban J connectivity index is 1.93. The number of oxime groups is 1. The van der Waals surface area contributed by atoms with Crippen LogP contribution in [0.5, 0.6) is 11.5 Å². The smallest absolute Gasteiger partial charge is 0.265 e. The second-order valence-corrected chi connectivity index (χ2v) is 6.52. The number of rotatable bonds is 10. The number of carbonyl (C=O) groups excluding carboxylic acids is 1. The lowest BCUT2D eigenvalue weighted by atomic mass is 10.2. The zero-order chi connectivity index (χ0) is 20.4. The summed E-state index contributed by atoms with van der Waals surface area (Å²) >= 11 is 12.1. The Morgan fingerprint density at radius 2 is 1.89 bits per heavy atom. The molecule has 28 heavy (non-hydrogen) atoms. The Hall–Kier alpha value is -2.44. The summed E-state index contributed by atoms with van der Waals surface area (Å²) < 4.78 is 11.2. The van der Waals surface area contributed by atoms with Gasteiger partial charge in [0.1, 0.15) is 0 Å². The number of benzene rings is 2. The molecule has 1 N–H and O–H groups in total. The van der Waals surface area contributed by atoms with E-state index >= 15 is 0 Å². The number of anilines is 1. The summed E-state index contributed by atoms with van der Waals surface area (Å²) in [5.74, 6) is 0.701. The Kier molecular flexibility index (Phi) is 8.91. The van der Waals surface area contributed by atoms with E-state index in [1.807, 2.05) is 13.8 Å². The minimum Gasteiger partial charge on any atom is -0.490 e. The van der Waals surface area contributed by atoms with Crippen LogP contribution in [0.2, 0.25) is 10.0 Å². The maximum atomic E-state index is 11.8. The van der Waals surface area contributed by atoms with Crippen molar-refractivity contribution in [1.82, 2.24) is 0 Å². The average molecular weight is 425 g/mol. The van der Waals surface area contributed by atoms with Gasteiger partial charge in [-0.05, 0) is 49.7 Å². The van der Waals surface area contributed by atoms with Gasteiger partial charge >= 0.3 is 0 Å². The van der Waals surface area contributed by atoms with Crippen LogP contribution in [-0.4, -0.2) is 31.9 Å². The van der Waals surface area contributed by atoms with Gasteiger partial charge in [0.25, 0.3) is 5.91 Å². The van der Waals surface area contributed by atoms with Crippen molar-refractivity contribution >= 4 is 41.0 Å². The number of carbonyl (C=O) groups is 1. The fraction of sp³-hybridized carbons (Fsp3) is 0.300. The first-order chi connectivity index (χ1) is 13.5. The standard InChI is InChI=1S/C20H22Cl2N2O4/c1-3-9-27-20-17(22)10-14(11-18(20)26-4-2)12-23-28-13-19(25)24-16-7-5-15(21)6-8-16/h5-8,10-12H,3-4,9,13H2,1-2H3,(H,24,25). The number of hydrogen-bond donors (Lipinski definition) is 1. The maximum Gasteiger partial charge on any atom is 0.265 e. The van der Waals surface area contributed by atoms with Crippen LogP contribution in [0.1, 0.15) is 25.8 Å². The zero-order valence-corrected chi connectivity index (χ0v) is 17.2. The summed E-state index contributed by atoms with van der Waals surface area (Å²) in [5, 5.41) is 7.50. The normalized spacial score (nSPS) is 10.7. The number of nitrogens with one attached hydrogen (secondary N) is 1. The molecule has 0 aromatic heterocycles. The Bertz CT molecular complexity index is 811. The molecule has 0 saturated heterocycles. The second-order valence-electron chi connectivity index (χ2n) is 5.67. The lowest BCUT2D eigenvalue weighted by molar-refractivity contribution is -0.120. The third-order valence-corrected chi connectivity index (χ3v) is 3.91. The Morgan fingerprint density at radius 1 is 1.14 bits per heavy atom. The van der Waals surface area contributed by atoms with Gasteiger partial charge in [-0.15, -0.1) is 0 Å². The molecule has 6 nitrogen and oxygen atoms in total. The van der Waals surface area contributed by atoms with Crippen LogP contribution in [0.3, 0.4) is 0 Å². The molecule has 0 fully saturated rings. The monoisotopic (exact) mass is 424 g/mol. The molecule has 2 aromatic rings. The van der Waals surface area contributed by atoms with Gasteiger partial charge in [0, 0.05) is 16.3 Å². The number of hydrogen-bond acceptors (Lipinski definition) is 5. The number of amides is 1. The zero-order valence-electron chi connectivity index (χ0n) is 15.7. The molecule has 2 rings (SSSR count). The van der Waals surface area contributed by atoms with Crippen molar-refractivity contribution in [3.63, 3.8) is 0 Å². The van der Waals surface area contributed by atoms with Gasteiger partial charge in [-0.25, -0.2) is 0 Å². The highest BCUT2D eigenvalue weighted by atomic mass is 35.5. The van der Waals surface area contributed by atoms with Crippen molar-refractivity contribution in [3.8, 4) is 11.5 Å². The van der Waals surface area contributed by atoms with Crippen LogP contribution >= 0.6 is 23.2 Å². The molecule has 0 atom stereocenters. The van der Waals surface area contributed by atoms with Crippen LogP contribution in [0, 0.1) is 0 Å². The molecule has 0 radical (unpaired) electrons. The molecule has 0 spiro atoms. The van der Waals surface area contributed by atoms with Gasteiger partial charge in [0.15, 0.2) is 18.1 Å². The van der Waals surface area contributed by atoms with E-state index in [4.69, 9.17) is 37.5 Å². The van der Waals surface area contributed by atoms with Crippen molar-refractivity contribution in [2.45, 2.75) is 20.3 Å². The molecule has 0 unspecified atom stereocenters. The van der Waals surface area contributed by atoms with Gasteiger partial charge in [-0.3, -0.25) is 4.79 Å². The van der Waals surface area contributed by atoms with Crippen molar-refractivity contribution in [2.75, 3.05) is 25.1 Å². The minimum atomic E-state index is -0.337. The molecular weight excluding hydrogens is 403 g/mol. The van der Waals surface area contributed by atoms with E-state index < -0.39 is 0 Å². The first kappa shape index (κ1) is 21.9. The highest BCUT2D eigenvalue weighted by molar-refractivity contribution is 6.32. The molecule has 1 amide bonds. The number of ether oxygens (including phenoxy) is 2. The molecular formula is C20H22Cl2N2O4. The molecule has 0 aliphatic heterocycles. The molecule has 8 heteroatoms. The lowest BCUT2D eigenvalue weighted by Crippen LogP contribution is -2.16. The van der Waals surface area contributed by atoms with E-state index in [0.29, 0.717) is 46.0 Å². The maximum absolute atomic E-state index is 11.8. The average Bonchev–Trinajstić information content (AvgIpc) is 2.67. The largest absolute Gasteiger partial charge is 0.490 e. The van der Waals surface area contributed by atoms with E-state index in [2.05, 4.69) is 10.5 Å². The van der Waals surface area contributed by atoms with Gasteiger partial charge in [0.05, 0.1) is 24.5 Å². The highest BCUT2D eigenvalue weighted by Gasteiger charge is 2.12.